The van der Waals surface area contributed by atoms with Gasteiger partial charge in [0.25, 0.3) is 0 Å². The molecule has 8 heteroatoms. The highest BCUT2D eigenvalue weighted by Crippen LogP contribution is 2.36. The van der Waals surface area contributed by atoms with Crippen molar-refractivity contribution in [2.75, 3.05) is 0 Å². The lowest BCUT2D eigenvalue weighted by Crippen LogP contribution is -1.80. The summed E-state index contributed by atoms with van der Waals surface area (Å²) in [6.07, 6.45) is 11.6. The van der Waals surface area contributed by atoms with Crippen molar-refractivity contribution in [1.29, 1.82) is 0 Å². The van der Waals surface area contributed by atoms with E-state index in [2.05, 4.69) is 116 Å². The first-order valence-corrected chi connectivity index (χ1v) is 15.8. The van der Waals surface area contributed by atoms with Gasteiger partial charge in [0, 0.05) is 61.9 Å². The number of benzene rings is 2. The van der Waals surface area contributed by atoms with Crippen LogP contribution in [0.1, 0.15) is 22.8 Å². The molecule has 0 saturated carbocycles. The van der Waals surface area contributed by atoms with E-state index in [0.29, 0.717) is 0 Å². The number of para-hydroxylation sites is 2. The highest BCUT2D eigenvalue weighted by atomic mass is 32.1. The second-order valence-corrected chi connectivity index (χ2v) is 12.0. The molecule has 10 rings (SSSR count). The van der Waals surface area contributed by atoms with Crippen LogP contribution in [0, 0.1) is 0 Å². The molecule has 0 atom stereocenters. The topological polar surface area (TPSA) is 98.9 Å². The Labute approximate surface area is 266 Å². The number of aromatic amines is 3. The van der Waals surface area contributed by atoms with Crippen molar-refractivity contribution < 1.29 is 0 Å². The standard InChI is InChI=1S/C32H21N5.C6H4N2S/c1-2-7-30-26(4-1)27-5-3-6-28(32(27)37-30)29-17-25-16-23-11-10-21(34-23)14-19-8-9-20(33-19)15-22-12-13-24(35-22)18-31(29)36-25;1-4-9-6-5(1)7-2-3-8-6/h1-18,33,36-37H;1-4H. The Morgan fingerprint density at radius 3 is 1.98 bits per heavy atom. The molecule has 0 unspecified atom stereocenters. The molecule has 8 bridgehead atoms. The molecule has 2 aliphatic heterocycles. The molecule has 0 spiro atoms. The number of hydrogen-bond acceptors (Lipinski definition) is 5. The van der Waals surface area contributed by atoms with Crippen LogP contribution in [0.25, 0.3) is 89.7 Å². The molecule has 7 nitrogen and oxygen atoms in total. The molecular formula is C38H25N7S. The van der Waals surface area contributed by atoms with Crippen LogP contribution in [0.2, 0.25) is 0 Å². The lowest BCUT2D eigenvalue weighted by molar-refractivity contribution is 1.31. The number of fused-ring (bicyclic) bond motifs is 12. The summed E-state index contributed by atoms with van der Waals surface area (Å²) in [6, 6.07) is 31.6. The third kappa shape index (κ3) is 4.87. The van der Waals surface area contributed by atoms with Crippen LogP contribution < -0.4 is 0 Å². The molecule has 0 fully saturated rings. The highest BCUT2D eigenvalue weighted by molar-refractivity contribution is 7.16. The van der Waals surface area contributed by atoms with Crippen LogP contribution in [-0.2, 0) is 0 Å². The average Bonchev–Trinajstić information content (AvgIpc) is 3.92. The van der Waals surface area contributed by atoms with Gasteiger partial charge in [-0.05, 0) is 84.3 Å². The van der Waals surface area contributed by atoms with Gasteiger partial charge in [-0.3, -0.25) is 4.98 Å². The zero-order valence-corrected chi connectivity index (χ0v) is 25.2. The summed E-state index contributed by atoms with van der Waals surface area (Å²) in [4.78, 5) is 29.6. The van der Waals surface area contributed by atoms with Crippen molar-refractivity contribution in [3.8, 4) is 11.1 Å². The van der Waals surface area contributed by atoms with Gasteiger partial charge in [0.05, 0.1) is 33.8 Å². The highest BCUT2D eigenvalue weighted by Gasteiger charge is 2.13. The van der Waals surface area contributed by atoms with Gasteiger partial charge in [0.2, 0.25) is 0 Å². The molecule has 0 saturated heterocycles. The van der Waals surface area contributed by atoms with Crippen molar-refractivity contribution in [3.05, 3.63) is 132 Å². The van der Waals surface area contributed by atoms with E-state index in [0.717, 1.165) is 77.3 Å². The second-order valence-electron chi connectivity index (χ2n) is 11.2. The maximum Gasteiger partial charge on any atom is 0.141 e. The fourth-order valence-electron chi connectivity index (χ4n) is 6.04. The summed E-state index contributed by atoms with van der Waals surface area (Å²) < 4.78 is 0. The van der Waals surface area contributed by atoms with Crippen molar-refractivity contribution in [3.63, 3.8) is 0 Å². The smallest absolute Gasteiger partial charge is 0.141 e. The maximum absolute atomic E-state index is 4.86. The summed E-state index contributed by atoms with van der Waals surface area (Å²) >= 11 is 1.61. The number of nitrogens with zero attached hydrogens (tertiary/aromatic N) is 4. The summed E-state index contributed by atoms with van der Waals surface area (Å²) in [6.45, 7) is 0. The first kappa shape index (κ1) is 26.3. The van der Waals surface area contributed by atoms with E-state index in [-0.39, 0.29) is 0 Å². The van der Waals surface area contributed by atoms with Crippen LogP contribution in [0.15, 0.2) is 109 Å². The Bertz CT molecular complexity index is 2640. The van der Waals surface area contributed by atoms with E-state index in [9.17, 15) is 0 Å². The fraction of sp³-hybridized carbons (Fsp3) is 0. The minimum atomic E-state index is 0.906. The van der Waals surface area contributed by atoms with Crippen molar-refractivity contribution in [2.24, 2.45) is 0 Å². The van der Waals surface area contributed by atoms with Gasteiger partial charge in [-0.2, -0.15) is 0 Å². The summed E-state index contributed by atoms with van der Waals surface area (Å²) in [5.41, 5.74) is 13.2. The molecule has 2 aromatic carbocycles. The molecule has 8 aromatic rings. The van der Waals surface area contributed by atoms with E-state index in [4.69, 9.17) is 9.97 Å². The Morgan fingerprint density at radius 1 is 0.500 bits per heavy atom. The number of nitrogens with one attached hydrogen (secondary N) is 3. The number of H-pyrrole nitrogens is 3. The lowest BCUT2D eigenvalue weighted by Gasteiger charge is -2.02. The van der Waals surface area contributed by atoms with Gasteiger partial charge in [0.1, 0.15) is 4.83 Å². The lowest BCUT2D eigenvalue weighted by atomic mass is 10.0. The third-order valence-electron chi connectivity index (χ3n) is 8.10. The molecule has 218 valence electrons. The SMILES string of the molecule is C1=Cc2cc3cc(-c4cccc5c4[nH]c4ccccc45)c(cc4nc(cc5ccc(cc1n2)[nH]5)C=C4)[nH]3.c1cnc2sccc2n1. The quantitative estimate of drug-likeness (QED) is 0.172. The largest absolute Gasteiger partial charge is 0.355 e. The molecule has 46 heavy (non-hydrogen) atoms. The number of aromatic nitrogens is 7. The van der Waals surface area contributed by atoms with Gasteiger partial charge in [0.15, 0.2) is 0 Å². The van der Waals surface area contributed by atoms with E-state index in [1.807, 2.05) is 29.7 Å². The Hall–Kier alpha value is -6.12. The molecule has 2 aliphatic rings. The van der Waals surface area contributed by atoms with E-state index >= 15 is 0 Å². The Balaban J connectivity index is 0.000000279. The van der Waals surface area contributed by atoms with Gasteiger partial charge in [-0.15, -0.1) is 11.3 Å². The molecular weight excluding hydrogens is 587 g/mol. The number of rotatable bonds is 1. The predicted molar refractivity (Wildman–Crippen MR) is 191 cm³/mol. The monoisotopic (exact) mass is 611 g/mol. The molecule has 6 aromatic heterocycles. The third-order valence-corrected chi connectivity index (χ3v) is 8.91. The predicted octanol–water partition coefficient (Wildman–Crippen LogP) is 9.65. The van der Waals surface area contributed by atoms with Crippen LogP contribution in [-0.4, -0.2) is 34.9 Å². The van der Waals surface area contributed by atoms with Gasteiger partial charge in [-0.1, -0.05) is 36.4 Å². The molecule has 8 heterocycles. The zero-order valence-electron chi connectivity index (χ0n) is 24.4. The summed E-state index contributed by atoms with van der Waals surface area (Å²) in [5, 5.41) is 4.44. The second kappa shape index (κ2) is 10.8. The first-order valence-electron chi connectivity index (χ1n) is 14.9. The molecule has 0 aliphatic carbocycles. The van der Waals surface area contributed by atoms with Gasteiger partial charge >= 0.3 is 0 Å². The minimum absolute atomic E-state index is 0.906. The van der Waals surface area contributed by atoms with Crippen molar-refractivity contribution in [1.82, 2.24) is 34.9 Å². The maximum atomic E-state index is 4.86. The van der Waals surface area contributed by atoms with Crippen LogP contribution in [0.5, 0.6) is 0 Å². The Kier molecular flexibility index (Phi) is 6.17. The van der Waals surface area contributed by atoms with Crippen LogP contribution in [0.3, 0.4) is 0 Å². The van der Waals surface area contributed by atoms with Crippen LogP contribution >= 0.6 is 11.3 Å². The van der Waals surface area contributed by atoms with E-state index in [1.165, 1.54) is 10.8 Å². The molecule has 3 N–H and O–H groups in total. The minimum Gasteiger partial charge on any atom is -0.355 e. The number of thiophene rings is 1. The van der Waals surface area contributed by atoms with Crippen molar-refractivity contribution >= 4 is 89.9 Å². The average molecular weight is 612 g/mol. The fourth-order valence-corrected chi connectivity index (χ4v) is 6.73. The summed E-state index contributed by atoms with van der Waals surface area (Å²) in [5.74, 6) is 0. The van der Waals surface area contributed by atoms with Gasteiger partial charge in [-0.25, -0.2) is 15.0 Å². The molecule has 0 radical (unpaired) electrons. The van der Waals surface area contributed by atoms with Gasteiger partial charge < -0.3 is 15.0 Å². The number of hydrogen-bond donors (Lipinski definition) is 3. The van der Waals surface area contributed by atoms with Crippen molar-refractivity contribution in [2.45, 2.75) is 0 Å². The molecule has 0 amide bonds. The van der Waals surface area contributed by atoms with E-state index in [1.54, 1.807) is 23.7 Å². The van der Waals surface area contributed by atoms with E-state index < -0.39 is 0 Å². The van der Waals surface area contributed by atoms with Crippen LogP contribution in [0.4, 0.5) is 0 Å². The Morgan fingerprint density at radius 2 is 1.20 bits per heavy atom. The zero-order chi connectivity index (χ0) is 30.5. The normalized spacial score (nSPS) is 12.2. The first-order chi connectivity index (χ1) is 22.7. The summed E-state index contributed by atoms with van der Waals surface area (Å²) in [7, 11) is 0.